The maximum absolute atomic E-state index is 11.9. The van der Waals surface area contributed by atoms with Gasteiger partial charge in [0.25, 0.3) is 0 Å². The fourth-order valence-corrected chi connectivity index (χ4v) is 3.37. The molecule has 2 aromatic carbocycles. The van der Waals surface area contributed by atoms with Gasteiger partial charge >= 0.3 is 5.97 Å². The fourth-order valence-electron chi connectivity index (χ4n) is 3.37. The van der Waals surface area contributed by atoms with E-state index in [4.69, 9.17) is 14.2 Å². The molecule has 0 saturated carbocycles. The van der Waals surface area contributed by atoms with E-state index in [1.165, 1.54) is 12.8 Å². The van der Waals surface area contributed by atoms with E-state index in [1.54, 1.807) is 38.5 Å². The van der Waals surface area contributed by atoms with Crippen LogP contribution in [0, 0.1) is 0 Å². The zero-order chi connectivity index (χ0) is 21.5. The van der Waals surface area contributed by atoms with Crippen molar-refractivity contribution in [3.8, 4) is 28.5 Å². The number of unbranched alkanes of at least 4 members (excludes halogenated alkanes) is 3. The zero-order valence-electron chi connectivity index (χ0n) is 17.6. The standard InChI is InChI=1S/C24H27NO5/c1-4-5-6-7-13-30-20-12-11-16(14-22(20)29-3)19-15-18(24(26)27)17-9-8-10-21(28-2)23(17)25-19/h8-12,14-15H,4-7,13H2,1-3H3,(H,26,27). The molecule has 0 amide bonds. The van der Waals surface area contributed by atoms with Crippen LogP contribution in [0.3, 0.4) is 0 Å². The Bertz CT molecular complexity index is 1030. The largest absolute Gasteiger partial charge is 0.494 e. The van der Waals surface area contributed by atoms with Gasteiger partial charge < -0.3 is 19.3 Å². The van der Waals surface area contributed by atoms with Gasteiger partial charge in [-0.3, -0.25) is 0 Å². The van der Waals surface area contributed by atoms with Crippen LogP contribution in [-0.2, 0) is 0 Å². The number of fused-ring (bicyclic) bond motifs is 1. The van der Waals surface area contributed by atoms with E-state index in [-0.39, 0.29) is 5.56 Å². The number of carbonyl (C=O) groups is 1. The Labute approximate surface area is 176 Å². The lowest BCUT2D eigenvalue weighted by molar-refractivity contribution is 0.0699. The van der Waals surface area contributed by atoms with Crippen molar-refractivity contribution in [2.45, 2.75) is 32.6 Å². The maximum atomic E-state index is 11.9. The summed E-state index contributed by atoms with van der Waals surface area (Å²) in [5.74, 6) is 0.753. The molecule has 30 heavy (non-hydrogen) atoms. The quantitative estimate of drug-likeness (QED) is 0.441. The predicted molar refractivity (Wildman–Crippen MR) is 117 cm³/mol. The molecular weight excluding hydrogens is 382 g/mol. The van der Waals surface area contributed by atoms with Gasteiger partial charge in [-0.2, -0.15) is 0 Å². The first kappa shape index (κ1) is 21.4. The summed E-state index contributed by atoms with van der Waals surface area (Å²) in [6.07, 6.45) is 4.51. The molecule has 6 nitrogen and oxygen atoms in total. The second kappa shape index (κ2) is 9.96. The minimum atomic E-state index is -1.02. The van der Waals surface area contributed by atoms with Crippen molar-refractivity contribution in [2.75, 3.05) is 20.8 Å². The van der Waals surface area contributed by atoms with Crippen molar-refractivity contribution in [1.82, 2.24) is 4.98 Å². The third-order valence-electron chi connectivity index (χ3n) is 4.97. The lowest BCUT2D eigenvalue weighted by Crippen LogP contribution is -2.02. The van der Waals surface area contributed by atoms with E-state index in [0.717, 1.165) is 18.4 Å². The smallest absolute Gasteiger partial charge is 0.336 e. The first-order valence-electron chi connectivity index (χ1n) is 10.1. The monoisotopic (exact) mass is 409 g/mol. The van der Waals surface area contributed by atoms with Crippen molar-refractivity contribution < 1.29 is 24.1 Å². The Balaban J connectivity index is 1.97. The van der Waals surface area contributed by atoms with Gasteiger partial charge in [0.05, 0.1) is 32.1 Å². The van der Waals surface area contributed by atoms with Gasteiger partial charge in [0.15, 0.2) is 11.5 Å². The van der Waals surface area contributed by atoms with Crippen LogP contribution in [0.4, 0.5) is 0 Å². The Morgan fingerprint density at radius 2 is 1.77 bits per heavy atom. The van der Waals surface area contributed by atoms with Gasteiger partial charge in [0.2, 0.25) is 0 Å². The molecule has 0 fully saturated rings. The van der Waals surface area contributed by atoms with Crippen LogP contribution >= 0.6 is 0 Å². The van der Waals surface area contributed by atoms with Crippen LogP contribution in [0.2, 0.25) is 0 Å². The van der Waals surface area contributed by atoms with Crippen molar-refractivity contribution >= 4 is 16.9 Å². The molecule has 3 aromatic rings. The normalized spacial score (nSPS) is 10.8. The number of rotatable bonds is 10. The molecule has 158 valence electrons. The average molecular weight is 409 g/mol. The lowest BCUT2D eigenvalue weighted by atomic mass is 10.0. The van der Waals surface area contributed by atoms with Crippen LogP contribution in [-0.4, -0.2) is 36.9 Å². The van der Waals surface area contributed by atoms with Gasteiger partial charge in [0.1, 0.15) is 11.3 Å². The van der Waals surface area contributed by atoms with E-state index in [9.17, 15) is 9.90 Å². The number of carboxylic acids is 1. The molecular formula is C24H27NO5. The third-order valence-corrected chi connectivity index (χ3v) is 4.97. The Morgan fingerprint density at radius 3 is 2.47 bits per heavy atom. The molecule has 6 heteroatoms. The second-order valence-corrected chi connectivity index (χ2v) is 6.99. The highest BCUT2D eigenvalue weighted by Gasteiger charge is 2.16. The molecule has 1 N–H and O–H groups in total. The number of nitrogens with zero attached hydrogens (tertiary/aromatic N) is 1. The van der Waals surface area contributed by atoms with Crippen molar-refractivity contribution in [1.29, 1.82) is 0 Å². The number of aromatic nitrogens is 1. The maximum Gasteiger partial charge on any atom is 0.336 e. The average Bonchev–Trinajstić information content (AvgIpc) is 2.77. The summed E-state index contributed by atoms with van der Waals surface area (Å²) >= 11 is 0. The molecule has 0 saturated heterocycles. The molecule has 0 aliphatic rings. The van der Waals surface area contributed by atoms with Gasteiger partial charge in [-0.1, -0.05) is 38.3 Å². The van der Waals surface area contributed by atoms with Gasteiger partial charge in [0, 0.05) is 10.9 Å². The number of carboxylic acid groups (broad SMARTS) is 1. The van der Waals surface area contributed by atoms with Gasteiger partial charge in [-0.05, 0) is 36.8 Å². The van der Waals surface area contributed by atoms with Crippen molar-refractivity contribution in [3.63, 3.8) is 0 Å². The third kappa shape index (κ3) is 4.64. The number of para-hydroxylation sites is 1. The first-order chi connectivity index (χ1) is 14.6. The SMILES string of the molecule is CCCCCCOc1ccc(-c2cc(C(=O)O)c3cccc(OC)c3n2)cc1OC. The van der Waals surface area contributed by atoms with E-state index < -0.39 is 5.97 Å². The molecule has 0 aliphatic carbocycles. The zero-order valence-corrected chi connectivity index (χ0v) is 17.6. The highest BCUT2D eigenvalue weighted by atomic mass is 16.5. The molecule has 1 aromatic heterocycles. The Morgan fingerprint density at radius 1 is 0.967 bits per heavy atom. The minimum absolute atomic E-state index is 0.170. The van der Waals surface area contributed by atoms with E-state index in [1.807, 2.05) is 18.2 Å². The van der Waals surface area contributed by atoms with Gasteiger partial charge in [-0.15, -0.1) is 0 Å². The molecule has 0 spiro atoms. The summed E-state index contributed by atoms with van der Waals surface area (Å²) < 4.78 is 16.8. The number of aromatic carboxylic acids is 1. The Hall–Kier alpha value is -3.28. The molecule has 0 unspecified atom stereocenters. The lowest BCUT2D eigenvalue weighted by Gasteiger charge is -2.13. The van der Waals surface area contributed by atoms with Crippen LogP contribution in [0.15, 0.2) is 42.5 Å². The fraction of sp³-hybridized carbons (Fsp3) is 0.333. The van der Waals surface area contributed by atoms with E-state index >= 15 is 0 Å². The number of methoxy groups -OCH3 is 2. The molecule has 0 bridgehead atoms. The van der Waals surface area contributed by atoms with E-state index in [2.05, 4.69) is 11.9 Å². The van der Waals surface area contributed by atoms with Crippen LogP contribution in [0.1, 0.15) is 43.0 Å². The number of hydrogen-bond acceptors (Lipinski definition) is 5. The highest BCUT2D eigenvalue weighted by Crippen LogP contribution is 2.35. The topological polar surface area (TPSA) is 77.9 Å². The molecule has 0 atom stereocenters. The molecule has 0 radical (unpaired) electrons. The summed E-state index contributed by atoms with van der Waals surface area (Å²) in [7, 11) is 3.13. The summed E-state index contributed by atoms with van der Waals surface area (Å²) in [4.78, 5) is 16.5. The molecule has 0 aliphatic heterocycles. The number of ether oxygens (including phenoxy) is 3. The van der Waals surface area contributed by atoms with Crippen LogP contribution in [0.25, 0.3) is 22.2 Å². The van der Waals surface area contributed by atoms with Crippen LogP contribution < -0.4 is 14.2 Å². The minimum Gasteiger partial charge on any atom is -0.494 e. The summed E-state index contributed by atoms with van der Waals surface area (Å²) in [5, 5.41) is 10.2. The number of pyridine rings is 1. The first-order valence-corrected chi connectivity index (χ1v) is 10.1. The van der Waals surface area contributed by atoms with Crippen molar-refractivity contribution in [3.05, 3.63) is 48.0 Å². The second-order valence-electron chi connectivity index (χ2n) is 6.99. The predicted octanol–water partition coefficient (Wildman–Crippen LogP) is 5.58. The number of benzene rings is 2. The number of hydrogen-bond donors (Lipinski definition) is 1. The van der Waals surface area contributed by atoms with Gasteiger partial charge in [-0.25, -0.2) is 9.78 Å². The van der Waals surface area contributed by atoms with Crippen molar-refractivity contribution in [2.24, 2.45) is 0 Å². The summed E-state index contributed by atoms with van der Waals surface area (Å²) in [5.41, 5.74) is 1.94. The molecule has 1 heterocycles. The Kier molecular flexibility index (Phi) is 7.12. The summed E-state index contributed by atoms with van der Waals surface area (Å²) in [6.45, 7) is 2.80. The summed E-state index contributed by atoms with van der Waals surface area (Å²) in [6, 6.07) is 12.3. The molecule has 3 rings (SSSR count). The van der Waals surface area contributed by atoms with Crippen LogP contribution in [0.5, 0.6) is 17.2 Å². The van der Waals surface area contributed by atoms with E-state index in [0.29, 0.717) is 40.5 Å². The highest BCUT2D eigenvalue weighted by molar-refractivity contribution is 6.05.